The lowest BCUT2D eigenvalue weighted by atomic mass is 9.71. The van der Waals surface area contributed by atoms with Gasteiger partial charge in [-0.15, -0.1) is 0 Å². The maximum atomic E-state index is 13.5. The zero-order valence-corrected chi connectivity index (χ0v) is 29.3. The summed E-state index contributed by atoms with van der Waals surface area (Å²) in [6.07, 6.45) is 1.15. The van der Waals surface area contributed by atoms with Crippen LogP contribution in [0.5, 0.6) is 28.7 Å². The minimum absolute atomic E-state index is 0.0381. The summed E-state index contributed by atoms with van der Waals surface area (Å²) in [7, 11) is 3.50. The lowest BCUT2D eigenvalue weighted by molar-refractivity contribution is -0.132. The van der Waals surface area contributed by atoms with E-state index in [4.69, 9.17) is 18.9 Å². The highest BCUT2D eigenvalue weighted by Crippen LogP contribution is 2.58. The number of methoxy groups -OCH3 is 1. The first-order valence-electron chi connectivity index (χ1n) is 16.8. The highest BCUT2D eigenvalue weighted by molar-refractivity contribution is 5.87. The highest BCUT2D eigenvalue weighted by Gasteiger charge is 2.57. The molecule has 4 aliphatic heterocycles. The van der Waals surface area contributed by atoms with Crippen LogP contribution in [0.15, 0.2) is 6.07 Å². The Morgan fingerprint density at radius 2 is 1.82 bits per heavy atom. The second-order valence-electron chi connectivity index (χ2n) is 14.0. The first-order valence-corrected chi connectivity index (χ1v) is 16.8. The molecule has 262 valence electrons. The molecule has 0 spiro atoms. The lowest BCUT2D eigenvalue weighted by Gasteiger charge is -2.60. The molecule has 2 amide bonds. The summed E-state index contributed by atoms with van der Waals surface area (Å²) in [6.45, 7) is 10.6. The zero-order valence-electron chi connectivity index (χ0n) is 29.3. The van der Waals surface area contributed by atoms with Gasteiger partial charge < -0.3 is 34.7 Å². The number of phenolic OH excluding ortho intramolecular Hbond substituents is 1. The number of aromatic hydroxyl groups is 1. The van der Waals surface area contributed by atoms with E-state index >= 15 is 0 Å². The van der Waals surface area contributed by atoms with Crippen LogP contribution in [-0.4, -0.2) is 84.4 Å². The molecular formula is C36H45N5O8. The van der Waals surface area contributed by atoms with E-state index < -0.39 is 30.1 Å². The highest BCUT2D eigenvalue weighted by atomic mass is 16.7. The number of piperazine rings is 1. The summed E-state index contributed by atoms with van der Waals surface area (Å²) in [4.78, 5) is 42.8. The topological polar surface area (TPSA) is 163 Å². The summed E-state index contributed by atoms with van der Waals surface area (Å²) in [5.41, 5.74) is 4.49. The molecule has 2 unspecified atom stereocenters. The smallest absolute Gasteiger partial charge is 0.308 e. The Bertz CT molecular complexity index is 1750. The Balaban J connectivity index is 1.50. The molecule has 6 rings (SSSR count). The van der Waals surface area contributed by atoms with Gasteiger partial charge in [-0.1, -0.05) is 19.9 Å². The average Bonchev–Trinajstić information content (AvgIpc) is 3.52. The number of nitrogens with one attached hydrogen (secondary N) is 2. The van der Waals surface area contributed by atoms with Crippen molar-refractivity contribution in [2.24, 2.45) is 5.92 Å². The van der Waals surface area contributed by atoms with Crippen molar-refractivity contribution in [3.8, 4) is 34.8 Å². The van der Waals surface area contributed by atoms with Crippen LogP contribution in [0.1, 0.15) is 79.6 Å². The third kappa shape index (κ3) is 5.70. The average molecular weight is 676 g/mol. The van der Waals surface area contributed by atoms with Crippen LogP contribution >= 0.6 is 0 Å². The van der Waals surface area contributed by atoms with Gasteiger partial charge in [0, 0.05) is 54.2 Å². The normalized spacial score (nSPS) is 24.2. The van der Waals surface area contributed by atoms with E-state index in [-0.39, 0.29) is 48.9 Å². The molecule has 49 heavy (non-hydrogen) atoms. The standard InChI is InChI=1S/C36H45N5O8/c1-16(2)9-27(43)39-19(5)36(45)38-14-26-29-22(33(49-20(6)42)18(4)34-35(29)48-15-47-34)12-24-30-28-21(10-17(3)32(46-8)31(28)44)11-23(40(30)7)25(13-37)41(24)26/h10,16,19,23-26,30,44H,9,11-12,14-15H2,1-8H3,(H,38,45)(H,39,43)/t19-,23-,24?,25?,26+,30-/m1/s1. The summed E-state index contributed by atoms with van der Waals surface area (Å²) in [6, 6.07) is 1.52. The second kappa shape index (κ2) is 13.1. The van der Waals surface area contributed by atoms with Gasteiger partial charge in [0.1, 0.15) is 17.8 Å². The molecule has 0 aromatic heterocycles. The predicted octanol–water partition coefficient (Wildman–Crippen LogP) is 3.11. The van der Waals surface area contributed by atoms with Crippen LogP contribution in [0.4, 0.5) is 0 Å². The van der Waals surface area contributed by atoms with Crippen LogP contribution in [0.25, 0.3) is 0 Å². The Morgan fingerprint density at radius 1 is 1.10 bits per heavy atom. The molecule has 1 saturated heterocycles. The van der Waals surface area contributed by atoms with Crippen molar-refractivity contribution in [1.82, 2.24) is 20.4 Å². The molecule has 1 fully saturated rings. The van der Waals surface area contributed by atoms with Gasteiger partial charge in [-0.2, -0.15) is 5.26 Å². The van der Waals surface area contributed by atoms with E-state index in [1.165, 1.54) is 14.0 Å². The molecule has 0 saturated carbocycles. The van der Waals surface area contributed by atoms with Gasteiger partial charge in [-0.3, -0.25) is 24.2 Å². The van der Waals surface area contributed by atoms with Crippen molar-refractivity contribution in [2.75, 3.05) is 27.5 Å². The number of amides is 2. The fourth-order valence-electron chi connectivity index (χ4n) is 8.40. The fraction of sp³-hybridized carbons (Fsp3) is 0.556. The molecule has 2 aromatic rings. The third-order valence-corrected chi connectivity index (χ3v) is 10.3. The molecule has 2 aromatic carbocycles. The van der Waals surface area contributed by atoms with E-state index in [0.717, 1.165) is 16.7 Å². The van der Waals surface area contributed by atoms with Crippen LogP contribution in [0.3, 0.4) is 0 Å². The number of ether oxygens (including phenoxy) is 4. The molecule has 13 nitrogen and oxygen atoms in total. The van der Waals surface area contributed by atoms with Gasteiger partial charge in [0.05, 0.1) is 25.3 Å². The Kier molecular flexibility index (Phi) is 9.15. The minimum Gasteiger partial charge on any atom is -0.504 e. The maximum absolute atomic E-state index is 13.5. The Labute approximate surface area is 286 Å². The molecule has 6 atom stereocenters. The molecule has 0 radical (unpaired) electrons. The van der Waals surface area contributed by atoms with Crippen molar-refractivity contribution in [1.29, 1.82) is 5.26 Å². The van der Waals surface area contributed by atoms with Gasteiger partial charge in [-0.25, -0.2) is 0 Å². The number of benzene rings is 2. The number of fused-ring (bicyclic) bond motifs is 9. The largest absolute Gasteiger partial charge is 0.504 e. The summed E-state index contributed by atoms with van der Waals surface area (Å²) < 4.78 is 23.5. The van der Waals surface area contributed by atoms with Gasteiger partial charge in [0.25, 0.3) is 0 Å². The molecule has 4 aliphatic rings. The third-order valence-electron chi connectivity index (χ3n) is 10.3. The van der Waals surface area contributed by atoms with E-state index in [9.17, 15) is 24.8 Å². The number of carbonyl (C=O) groups is 3. The van der Waals surface area contributed by atoms with Crippen LogP contribution in [0, 0.1) is 31.1 Å². The van der Waals surface area contributed by atoms with E-state index in [1.807, 2.05) is 40.8 Å². The SMILES string of the molecule is COc1c(C)cc2c(c1O)[C@H]1C3Cc4c(OC(C)=O)c(C)c5c(c4[C@H](CNC(=O)[C@@H](C)NC(=O)CC(C)C)N3C(C#N)[C@@H](C2)N1C)OCO5. The van der Waals surface area contributed by atoms with Gasteiger partial charge >= 0.3 is 5.97 Å². The lowest BCUT2D eigenvalue weighted by Crippen LogP contribution is -2.69. The molecule has 13 heteroatoms. The molecular weight excluding hydrogens is 630 g/mol. The summed E-state index contributed by atoms with van der Waals surface area (Å²) >= 11 is 0. The quantitative estimate of drug-likeness (QED) is 0.278. The van der Waals surface area contributed by atoms with Gasteiger partial charge in [0.15, 0.2) is 23.0 Å². The second-order valence-corrected chi connectivity index (χ2v) is 14.0. The van der Waals surface area contributed by atoms with Gasteiger partial charge in [-0.05, 0) is 57.7 Å². The Hall–Kier alpha value is -4.54. The monoisotopic (exact) mass is 675 g/mol. The van der Waals surface area contributed by atoms with E-state index in [2.05, 4.69) is 26.5 Å². The number of nitriles is 1. The predicted molar refractivity (Wildman–Crippen MR) is 178 cm³/mol. The first-order chi connectivity index (χ1) is 23.3. The minimum atomic E-state index is -0.803. The molecule has 4 heterocycles. The van der Waals surface area contributed by atoms with Crippen LogP contribution < -0.4 is 29.6 Å². The van der Waals surface area contributed by atoms with Crippen molar-refractivity contribution < 1.29 is 38.4 Å². The Morgan fingerprint density at radius 3 is 2.47 bits per heavy atom. The van der Waals surface area contributed by atoms with Crippen LogP contribution in [-0.2, 0) is 27.2 Å². The summed E-state index contributed by atoms with van der Waals surface area (Å²) in [5.74, 6) is 0.791. The number of esters is 1. The first kappa shape index (κ1) is 34.3. The number of carbonyl (C=O) groups excluding carboxylic acids is 3. The molecule has 3 N–H and O–H groups in total. The number of rotatable bonds is 8. The molecule has 0 aliphatic carbocycles. The van der Waals surface area contributed by atoms with Crippen molar-refractivity contribution in [2.45, 2.75) is 97.1 Å². The van der Waals surface area contributed by atoms with Crippen LogP contribution in [0.2, 0.25) is 0 Å². The number of nitrogens with zero attached hydrogens (tertiary/aromatic N) is 3. The van der Waals surface area contributed by atoms with Crippen molar-refractivity contribution >= 4 is 17.8 Å². The van der Waals surface area contributed by atoms with Crippen molar-refractivity contribution in [3.05, 3.63) is 39.4 Å². The van der Waals surface area contributed by atoms with E-state index in [1.54, 1.807) is 6.92 Å². The van der Waals surface area contributed by atoms with Gasteiger partial charge in [0.2, 0.25) is 18.6 Å². The number of phenols is 1. The number of aryl methyl sites for hydroxylation is 1. The number of hydrogen-bond donors (Lipinski definition) is 3. The number of hydrogen-bond acceptors (Lipinski definition) is 11. The van der Waals surface area contributed by atoms with Crippen molar-refractivity contribution in [3.63, 3.8) is 0 Å². The maximum Gasteiger partial charge on any atom is 0.308 e. The number of likely N-dealkylation sites (N-methyl/N-ethyl adjacent to an activating group) is 1. The molecule has 2 bridgehead atoms. The van der Waals surface area contributed by atoms with E-state index in [0.29, 0.717) is 59.0 Å². The fourth-order valence-corrected chi connectivity index (χ4v) is 8.40. The zero-order chi connectivity index (χ0) is 35.5. The summed E-state index contributed by atoms with van der Waals surface area (Å²) in [5, 5.41) is 28.4.